The summed E-state index contributed by atoms with van der Waals surface area (Å²) in [5.41, 5.74) is 0. The van der Waals surface area contributed by atoms with E-state index < -0.39 is 0 Å². The quantitative estimate of drug-likeness (QED) is 0.755. The van der Waals surface area contributed by atoms with Crippen LogP contribution in [0.15, 0.2) is 4.21 Å². The van der Waals surface area contributed by atoms with Crippen molar-refractivity contribution in [1.29, 1.82) is 0 Å². The van der Waals surface area contributed by atoms with Crippen molar-refractivity contribution < 1.29 is 4.74 Å². The maximum absolute atomic E-state index is 5.81. The summed E-state index contributed by atoms with van der Waals surface area (Å²) < 4.78 is 6.02. The second kappa shape index (κ2) is 4.04. The molecule has 1 saturated heterocycles. The van der Waals surface area contributed by atoms with E-state index >= 15 is 0 Å². The second-order valence-electron chi connectivity index (χ2n) is 2.69. The van der Waals surface area contributed by atoms with Gasteiger partial charge in [-0.25, -0.2) is 4.98 Å². The number of halogens is 1. The number of ether oxygens (including phenoxy) is 1. The van der Waals surface area contributed by atoms with Crippen LogP contribution in [0.4, 0.5) is 5.13 Å². The monoisotopic (exact) mass is 236 g/mol. The molecular weight excluding hydrogens is 228 g/mol. The van der Waals surface area contributed by atoms with Crippen LogP contribution in [0, 0.1) is 0 Å². The number of hydrogen-bond acceptors (Lipinski definition) is 5. The lowest BCUT2D eigenvalue weighted by atomic mass is 10.5. The Bertz CT molecular complexity index is 279. The highest BCUT2D eigenvalue weighted by Crippen LogP contribution is 2.32. The Morgan fingerprint density at radius 1 is 1.46 bits per heavy atom. The van der Waals surface area contributed by atoms with Crippen LogP contribution in [-0.2, 0) is 4.74 Å². The average Bonchev–Trinajstić information content (AvgIpc) is 2.49. The van der Waals surface area contributed by atoms with Crippen molar-refractivity contribution in [3.8, 4) is 0 Å². The van der Waals surface area contributed by atoms with Gasteiger partial charge >= 0.3 is 0 Å². The molecule has 0 bridgehead atoms. The smallest absolute Gasteiger partial charge is 0.188 e. The summed E-state index contributed by atoms with van der Waals surface area (Å²) in [7, 11) is 0. The number of rotatable bonds is 1. The van der Waals surface area contributed by atoms with Gasteiger partial charge in [0.25, 0.3) is 0 Å². The van der Waals surface area contributed by atoms with E-state index in [0.717, 1.165) is 35.6 Å². The van der Waals surface area contributed by atoms with Crippen LogP contribution in [0.2, 0.25) is 5.15 Å². The summed E-state index contributed by atoms with van der Waals surface area (Å²) in [6.45, 7) is 3.30. The number of thiol groups is 1. The van der Waals surface area contributed by atoms with Crippen molar-refractivity contribution >= 4 is 40.7 Å². The van der Waals surface area contributed by atoms with Gasteiger partial charge in [-0.3, -0.25) is 0 Å². The van der Waals surface area contributed by atoms with Crippen molar-refractivity contribution in [2.75, 3.05) is 31.2 Å². The number of nitrogens with zero attached hydrogens (tertiary/aromatic N) is 2. The predicted octanol–water partition coefficient (Wildman–Crippen LogP) is 1.92. The van der Waals surface area contributed by atoms with E-state index in [2.05, 4.69) is 22.5 Å². The molecule has 0 aliphatic carbocycles. The fourth-order valence-electron chi connectivity index (χ4n) is 1.17. The molecule has 2 heterocycles. The van der Waals surface area contributed by atoms with Gasteiger partial charge in [0.1, 0.15) is 0 Å². The SMILES string of the molecule is Sc1sc(N2CCOCC2)nc1Cl. The zero-order valence-corrected chi connectivity index (χ0v) is 9.33. The summed E-state index contributed by atoms with van der Waals surface area (Å²) >= 11 is 11.5. The first-order valence-electron chi connectivity index (χ1n) is 3.95. The third-order valence-electron chi connectivity index (χ3n) is 1.84. The Balaban J connectivity index is 2.14. The van der Waals surface area contributed by atoms with Gasteiger partial charge < -0.3 is 9.64 Å². The molecule has 6 heteroatoms. The average molecular weight is 237 g/mol. The van der Waals surface area contributed by atoms with Crippen molar-refractivity contribution in [2.45, 2.75) is 4.21 Å². The van der Waals surface area contributed by atoms with Gasteiger partial charge in [0.05, 0.1) is 17.4 Å². The van der Waals surface area contributed by atoms with Crippen molar-refractivity contribution in [1.82, 2.24) is 4.98 Å². The first-order valence-corrected chi connectivity index (χ1v) is 5.59. The molecule has 1 fully saturated rings. The fraction of sp³-hybridized carbons (Fsp3) is 0.571. The number of thiazole rings is 1. The van der Waals surface area contributed by atoms with Gasteiger partial charge in [-0.2, -0.15) is 0 Å². The first-order chi connectivity index (χ1) is 6.27. The largest absolute Gasteiger partial charge is 0.378 e. The van der Waals surface area contributed by atoms with Crippen molar-refractivity contribution in [3.05, 3.63) is 5.15 Å². The highest BCUT2D eigenvalue weighted by atomic mass is 35.5. The van der Waals surface area contributed by atoms with E-state index in [0.29, 0.717) is 5.15 Å². The molecule has 0 N–H and O–H groups in total. The van der Waals surface area contributed by atoms with Crippen LogP contribution in [0.25, 0.3) is 0 Å². The molecule has 0 radical (unpaired) electrons. The van der Waals surface area contributed by atoms with Crippen molar-refractivity contribution in [2.24, 2.45) is 0 Å². The maximum atomic E-state index is 5.81. The molecule has 2 rings (SSSR count). The van der Waals surface area contributed by atoms with E-state index in [9.17, 15) is 0 Å². The maximum Gasteiger partial charge on any atom is 0.188 e. The van der Waals surface area contributed by atoms with Gasteiger partial charge in [-0.05, 0) is 0 Å². The Morgan fingerprint density at radius 3 is 2.69 bits per heavy atom. The summed E-state index contributed by atoms with van der Waals surface area (Å²) in [5.74, 6) is 0. The minimum atomic E-state index is 0.495. The van der Waals surface area contributed by atoms with E-state index in [1.165, 1.54) is 11.3 Å². The summed E-state index contributed by atoms with van der Waals surface area (Å²) in [6, 6.07) is 0. The lowest BCUT2D eigenvalue weighted by molar-refractivity contribution is 0.122. The molecule has 1 aromatic rings. The molecule has 1 aromatic heterocycles. The van der Waals surface area contributed by atoms with Crippen LogP contribution in [0.5, 0.6) is 0 Å². The Kier molecular flexibility index (Phi) is 2.98. The highest BCUT2D eigenvalue weighted by Gasteiger charge is 2.16. The first kappa shape index (κ1) is 9.58. The van der Waals surface area contributed by atoms with Gasteiger partial charge in [0.2, 0.25) is 0 Å². The Morgan fingerprint density at radius 2 is 2.15 bits per heavy atom. The van der Waals surface area contributed by atoms with E-state index in [1.807, 2.05) is 0 Å². The van der Waals surface area contributed by atoms with E-state index in [4.69, 9.17) is 16.3 Å². The zero-order chi connectivity index (χ0) is 9.26. The molecule has 0 aromatic carbocycles. The standard InChI is InChI=1S/C7H9ClN2OS2/c8-5-6(12)13-7(9-5)10-1-3-11-4-2-10/h12H,1-4H2. The molecule has 1 aliphatic heterocycles. The summed E-state index contributed by atoms with van der Waals surface area (Å²) in [4.78, 5) is 6.38. The van der Waals surface area contributed by atoms with Crippen LogP contribution in [0.1, 0.15) is 0 Å². The molecule has 0 atom stereocenters. The molecule has 0 saturated carbocycles. The van der Waals surface area contributed by atoms with E-state index in [1.54, 1.807) is 0 Å². The molecule has 0 spiro atoms. The van der Waals surface area contributed by atoms with Crippen LogP contribution in [-0.4, -0.2) is 31.3 Å². The molecule has 0 amide bonds. The predicted molar refractivity (Wildman–Crippen MR) is 57.4 cm³/mol. The Labute approximate surface area is 91.1 Å². The van der Waals surface area contributed by atoms with Crippen molar-refractivity contribution in [3.63, 3.8) is 0 Å². The lowest BCUT2D eigenvalue weighted by Crippen LogP contribution is -2.36. The topological polar surface area (TPSA) is 25.4 Å². The molecule has 3 nitrogen and oxygen atoms in total. The number of aromatic nitrogens is 1. The zero-order valence-electron chi connectivity index (χ0n) is 6.86. The van der Waals surface area contributed by atoms with Gasteiger partial charge in [-0.15, -0.1) is 12.6 Å². The van der Waals surface area contributed by atoms with Gasteiger partial charge in [0, 0.05) is 13.1 Å². The summed E-state index contributed by atoms with van der Waals surface area (Å²) in [6.07, 6.45) is 0. The minimum absolute atomic E-state index is 0.495. The normalized spacial score (nSPS) is 17.8. The van der Waals surface area contributed by atoms with Crippen LogP contribution < -0.4 is 4.90 Å². The molecule has 13 heavy (non-hydrogen) atoms. The second-order valence-corrected chi connectivity index (χ2v) is 4.78. The molecule has 0 unspecified atom stereocenters. The third kappa shape index (κ3) is 2.10. The van der Waals surface area contributed by atoms with Crippen LogP contribution in [0.3, 0.4) is 0 Å². The van der Waals surface area contributed by atoms with Gasteiger partial charge in [0.15, 0.2) is 10.3 Å². The number of anilines is 1. The van der Waals surface area contributed by atoms with Crippen LogP contribution >= 0.6 is 35.6 Å². The highest BCUT2D eigenvalue weighted by molar-refractivity contribution is 7.83. The minimum Gasteiger partial charge on any atom is -0.378 e. The number of morpholine rings is 1. The fourth-order valence-corrected chi connectivity index (χ4v) is 2.47. The lowest BCUT2D eigenvalue weighted by Gasteiger charge is -2.25. The number of hydrogen-bond donors (Lipinski definition) is 1. The third-order valence-corrected chi connectivity index (χ3v) is 3.76. The van der Waals surface area contributed by atoms with E-state index in [-0.39, 0.29) is 0 Å². The molecular formula is C7H9ClN2OS2. The summed E-state index contributed by atoms with van der Waals surface area (Å²) in [5, 5.41) is 1.44. The molecule has 72 valence electrons. The van der Waals surface area contributed by atoms with Gasteiger partial charge in [-0.1, -0.05) is 22.9 Å². The Hall–Kier alpha value is 0.0300. The molecule has 1 aliphatic rings.